The summed E-state index contributed by atoms with van der Waals surface area (Å²) < 4.78 is 39.2. The van der Waals surface area contributed by atoms with E-state index in [1.165, 1.54) is 0 Å². The standard InChI is InChI=1S/C12H12FN3O2S/c1-12(2,7-15)8-16-19(17,18)10-3-4-11(13)9(5-10)6-14/h3-5,16H,8H2,1-2H3. The van der Waals surface area contributed by atoms with Gasteiger partial charge in [-0.2, -0.15) is 10.5 Å². The lowest BCUT2D eigenvalue weighted by Gasteiger charge is -2.16. The van der Waals surface area contributed by atoms with Gasteiger partial charge in [-0.25, -0.2) is 17.5 Å². The first-order chi connectivity index (χ1) is 8.72. The summed E-state index contributed by atoms with van der Waals surface area (Å²) in [6.45, 7) is 3.09. The zero-order valence-electron chi connectivity index (χ0n) is 10.4. The van der Waals surface area contributed by atoms with Crippen molar-refractivity contribution in [3.05, 3.63) is 29.6 Å². The summed E-state index contributed by atoms with van der Waals surface area (Å²) in [6, 6.07) is 6.47. The van der Waals surface area contributed by atoms with Gasteiger partial charge in [0.05, 0.1) is 21.9 Å². The third-order valence-corrected chi connectivity index (χ3v) is 3.77. The Bertz CT molecular complexity index is 669. The van der Waals surface area contributed by atoms with Gasteiger partial charge in [-0.3, -0.25) is 0 Å². The molecule has 0 saturated carbocycles. The molecule has 1 aromatic rings. The van der Waals surface area contributed by atoms with Crippen molar-refractivity contribution in [1.82, 2.24) is 4.72 Å². The molecule has 0 bridgehead atoms. The maximum atomic E-state index is 13.1. The predicted molar refractivity (Wildman–Crippen MR) is 65.7 cm³/mol. The van der Waals surface area contributed by atoms with Crippen LogP contribution >= 0.6 is 0 Å². The van der Waals surface area contributed by atoms with Crippen LogP contribution in [0.1, 0.15) is 19.4 Å². The lowest BCUT2D eigenvalue weighted by Crippen LogP contribution is -2.33. The number of nitrogens with zero attached hydrogens (tertiary/aromatic N) is 2. The summed E-state index contributed by atoms with van der Waals surface area (Å²) in [5, 5.41) is 17.5. The summed E-state index contributed by atoms with van der Waals surface area (Å²) in [5.74, 6) is -0.779. The average Bonchev–Trinajstić information content (AvgIpc) is 2.37. The molecule has 0 unspecified atom stereocenters. The second-order valence-corrected chi connectivity index (χ2v) is 6.34. The van der Waals surface area contributed by atoms with Crippen molar-refractivity contribution in [2.75, 3.05) is 6.54 Å². The molecule has 1 rings (SSSR count). The van der Waals surface area contributed by atoms with Crippen molar-refractivity contribution in [2.24, 2.45) is 5.41 Å². The van der Waals surface area contributed by atoms with E-state index < -0.39 is 21.3 Å². The molecular formula is C12H12FN3O2S. The zero-order valence-corrected chi connectivity index (χ0v) is 11.3. The van der Waals surface area contributed by atoms with Crippen LogP contribution in [-0.4, -0.2) is 15.0 Å². The van der Waals surface area contributed by atoms with Crippen molar-refractivity contribution >= 4 is 10.0 Å². The average molecular weight is 281 g/mol. The van der Waals surface area contributed by atoms with Crippen LogP contribution < -0.4 is 4.72 Å². The normalized spacial score (nSPS) is 11.6. The molecule has 0 aliphatic rings. The number of hydrogen-bond donors (Lipinski definition) is 1. The molecular weight excluding hydrogens is 269 g/mol. The molecule has 0 saturated heterocycles. The monoisotopic (exact) mass is 281 g/mol. The number of benzene rings is 1. The Balaban J connectivity index is 3.03. The first-order valence-corrected chi connectivity index (χ1v) is 6.81. The molecule has 7 heteroatoms. The molecule has 1 N–H and O–H groups in total. The summed E-state index contributed by atoms with van der Waals surface area (Å²) in [4.78, 5) is -0.209. The van der Waals surface area contributed by atoms with Crippen LogP contribution in [0.3, 0.4) is 0 Å². The van der Waals surface area contributed by atoms with E-state index in [1.54, 1.807) is 19.9 Å². The maximum absolute atomic E-state index is 13.1. The Morgan fingerprint density at radius 2 is 2.00 bits per heavy atom. The summed E-state index contributed by atoms with van der Waals surface area (Å²) in [5.41, 5.74) is -1.20. The smallest absolute Gasteiger partial charge is 0.210 e. The van der Waals surface area contributed by atoms with Crippen molar-refractivity contribution in [3.63, 3.8) is 0 Å². The van der Waals surface area contributed by atoms with Gasteiger partial charge in [0.15, 0.2) is 0 Å². The van der Waals surface area contributed by atoms with Gasteiger partial charge in [0, 0.05) is 6.54 Å². The largest absolute Gasteiger partial charge is 0.240 e. The fourth-order valence-corrected chi connectivity index (χ4v) is 2.39. The van der Waals surface area contributed by atoms with Crippen molar-refractivity contribution in [1.29, 1.82) is 10.5 Å². The van der Waals surface area contributed by atoms with Crippen LogP contribution in [0.5, 0.6) is 0 Å². The Hall–Kier alpha value is -1.96. The van der Waals surface area contributed by atoms with Crippen LogP contribution in [0, 0.1) is 33.9 Å². The third kappa shape index (κ3) is 3.75. The number of sulfonamides is 1. The van der Waals surface area contributed by atoms with Crippen LogP contribution in [0.4, 0.5) is 4.39 Å². The maximum Gasteiger partial charge on any atom is 0.240 e. The lowest BCUT2D eigenvalue weighted by atomic mass is 9.97. The van der Waals surface area contributed by atoms with E-state index >= 15 is 0 Å². The van der Waals surface area contributed by atoms with Gasteiger partial charge < -0.3 is 0 Å². The molecule has 0 aliphatic heterocycles. The minimum Gasteiger partial charge on any atom is -0.210 e. The minimum atomic E-state index is -3.87. The number of rotatable bonds is 4. The summed E-state index contributed by atoms with van der Waals surface area (Å²) in [6.07, 6.45) is 0. The molecule has 0 atom stereocenters. The SMILES string of the molecule is CC(C)(C#N)CNS(=O)(=O)c1ccc(F)c(C#N)c1. The quantitative estimate of drug-likeness (QED) is 0.905. The highest BCUT2D eigenvalue weighted by Crippen LogP contribution is 2.16. The highest BCUT2D eigenvalue weighted by atomic mass is 32.2. The van der Waals surface area contributed by atoms with Crippen molar-refractivity contribution < 1.29 is 12.8 Å². The fourth-order valence-electron chi connectivity index (χ4n) is 1.16. The number of nitrogens with one attached hydrogen (secondary N) is 1. The highest BCUT2D eigenvalue weighted by molar-refractivity contribution is 7.89. The second kappa shape index (κ2) is 5.35. The van der Waals surface area contributed by atoms with Gasteiger partial charge in [0.2, 0.25) is 10.0 Å². The molecule has 19 heavy (non-hydrogen) atoms. The molecule has 0 aromatic heterocycles. The van der Waals surface area contributed by atoms with E-state index in [9.17, 15) is 12.8 Å². The molecule has 0 spiro atoms. The predicted octanol–water partition coefficient (Wildman–Crippen LogP) is 1.53. The van der Waals surface area contributed by atoms with Gasteiger partial charge in [0.25, 0.3) is 0 Å². The van der Waals surface area contributed by atoms with E-state index in [0.29, 0.717) is 0 Å². The van der Waals surface area contributed by atoms with E-state index in [1.807, 2.05) is 6.07 Å². The molecule has 0 amide bonds. The fraction of sp³-hybridized carbons (Fsp3) is 0.333. The van der Waals surface area contributed by atoms with Gasteiger partial charge >= 0.3 is 0 Å². The lowest BCUT2D eigenvalue weighted by molar-refractivity contribution is 0.478. The van der Waals surface area contributed by atoms with Gasteiger partial charge in [0.1, 0.15) is 11.9 Å². The van der Waals surface area contributed by atoms with Gasteiger partial charge in [-0.05, 0) is 32.0 Å². The van der Waals surface area contributed by atoms with E-state index in [4.69, 9.17) is 10.5 Å². The first kappa shape index (κ1) is 15.1. The Morgan fingerprint density at radius 1 is 1.37 bits per heavy atom. The van der Waals surface area contributed by atoms with Crippen molar-refractivity contribution in [3.8, 4) is 12.1 Å². The molecule has 0 radical (unpaired) electrons. The molecule has 0 aliphatic carbocycles. The van der Waals surface area contributed by atoms with Crippen LogP contribution in [0.25, 0.3) is 0 Å². The van der Waals surface area contributed by atoms with Gasteiger partial charge in [-0.1, -0.05) is 0 Å². The second-order valence-electron chi connectivity index (χ2n) is 4.57. The van der Waals surface area contributed by atoms with Crippen LogP contribution in [0.2, 0.25) is 0 Å². The van der Waals surface area contributed by atoms with E-state index in [2.05, 4.69) is 4.72 Å². The molecule has 100 valence electrons. The Morgan fingerprint density at radius 3 is 2.53 bits per heavy atom. The highest BCUT2D eigenvalue weighted by Gasteiger charge is 2.22. The molecule has 5 nitrogen and oxygen atoms in total. The number of nitriles is 2. The minimum absolute atomic E-state index is 0.0783. The van der Waals surface area contributed by atoms with Crippen molar-refractivity contribution in [2.45, 2.75) is 18.7 Å². The summed E-state index contributed by atoms with van der Waals surface area (Å²) in [7, 11) is -3.87. The first-order valence-electron chi connectivity index (χ1n) is 5.32. The van der Waals surface area contributed by atoms with Crippen LogP contribution in [0.15, 0.2) is 23.1 Å². The third-order valence-electron chi connectivity index (χ3n) is 2.38. The Kier molecular flexibility index (Phi) is 4.25. The van der Waals surface area contributed by atoms with E-state index in [-0.39, 0.29) is 17.0 Å². The van der Waals surface area contributed by atoms with Crippen LogP contribution in [-0.2, 0) is 10.0 Å². The van der Waals surface area contributed by atoms with Gasteiger partial charge in [-0.15, -0.1) is 0 Å². The molecule has 1 aromatic carbocycles. The molecule has 0 heterocycles. The summed E-state index contributed by atoms with van der Waals surface area (Å²) >= 11 is 0. The number of halogens is 1. The zero-order chi connectivity index (χ0) is 14.7. The Labute approximate surface area is 111 Å². The van der Waals surface area contributed by atoms with E-state index in [0.717, 1.165) is 18.2 Å². The molecule has 0 fully saturated rings. The number of hydrogen-bond acceptors (Lipinski definition) is 4. The topological polar surface area (TPSA) is 93.8 Å².